The predicted octanol–water partition coefficient (Wildman–Crippen LogP) is 0.664. The molecule has 1 aromatic heterocycles. The van der Waals surface area contributed by atoms with Crippen molar-refractivity contribution >= 4 is 22.7 Å². The quantitative estimate of drug-likeness (QED) is 0.619. The molecule has 1 atom stereocenters. The zero-order chi connectivity index (χ0) is 15.9. The van der Waals surface area contributed by atoms with E-state index in [0.717, 1.165) is 0 Å². The highest BCUT2D eigenvalue weighted by Crippen LogP contribution is 2.20. The van der Waals surface area contributed by atoms with E-state index in [9.17, 15) is 14.4 Å². The van der Waals surface area contributed by atoms with Gasteiger partial charge in [0.15, 0.2) is 0 Å². The minimum atomic E-state index is -0.714. The molecule has 0 spiro atoms. The van der Waals surface area contributed by atoms with E-state index in [1.165, 1.54) is 4.57 Å². The van der Waals surface area contributed by atoms with Crippen molar-refractivity contribution in [3.05, 3.63) is 39.9 Å². The Bertz CT molecular complexity index is 905. The van der Waals surface area contributed by atoms with E-state index in [1.54, 1.807) is 25.1 Å². The number of aromatic nitrogens is 2. The summed E-state index contributed by atoms with van der Waals surface area (Å²) in [6.45, 7) is 1.66. The average Bonchev–Trinajstić information content (AvgIpc) is 2.48. The van der Waals surface area contributed by atoms with Gasteiger partial charge >= 0.3 is 0 Å². The van der Waals surface area contributed by atoms with Gasteiger partial charge in [-0.1, -0.05) is 5.92 Å². The molecule has 3 rings (SSSR count). The van der Waals surface area contributed by atoms with E-state index in [4.69, 9.17) is 6.42 Å². The number of piperidine rings is 1. The van der Waals surface area contributed by atoms with E-state index >= 15 is 0 Å². The standard InChI is InChI=1S/C16H13N3O3/c1-3-10-4-5-11-12(8-10)17-9(2)19(16(11)22)13-6-7-14(20)18-15(13)21/h1,4-5,8,13H,6-7H2,2H3,(H,18,20,21). The molecule has 1 aromatic carbocycles. The monoisotopic (exact) mass is 295 g/mol. The number of nitrogens with zero attached hydrogens (tertiary/aromatic N) is 2. The molecule has 1 saturated heterocycles. The summed E-state index contributed by atoms with van der Waals surface area (Å²) in [4.78, 5) is 40.3. The van der Waals surface area contributed by atoms with E-state index in [0.29, 0.717) is 28.7 Å². The third-order valence-electron chi connectivity index (χ3n) is 3.77. The summed E-state index contributed by atoms with van der Waals surface area (Å²) in [5, 5.41) is 2.65. The van der Waals surface area contributed by atoms with Crippen LogP contribution in [-0.4, -0.2) is 21.4 Å². The van der Waals surface area contributed by atoms with Crippen molar-refractivity contribution in [1.29, 1.82) is 0 Å². The van der Waals surface area contributed by atoms with Gasteiger partial charge in [0.25, 0.3) is 5.56 Å². The first-order valence-corrected chi connectivity index (χ1v) is 6.84. The Morgan fingerprint density at radius 3 is 2.82 bits per heavy atom. The van der Waals surface area contributed by atoms with E-state index in [1.807, 2.05) is 0 Å². The Morgan fingerprint density at radius 1 is 1.36 bits per heavy atom. The molecule has 110 valence electrons. The fourth-order valence-electron chi connectivity index (χ4n) is 2.70. The second-order valence-corrected chi connectivity index (χ2v) is 5.18. The summed E-state index contributed by atoms with van der Waals surface area (Å²) in [6.07, 6.45) is 5.85. The van der Waals surface area contributed by atoms with Crippen LogP contribution in [0.15, 0.2) is 23.0 Å². The highest BCUT2D eigenvalue weighted by molar-refractivity contribution is 5.99. The van der Waals surface area contributed by atoms with Gasteiger partial charge in [-0.3, -0.25) is 24.3 Å². The van der Waals surface area contributed by atoms with E-state index in [2.05, 4.69) is 16.2 Å². The van der Waals surface area contributed by atoms with Crippen molar-refractivity contribution in [2.45, 2.75) is 25.8 Å². The lowest BCUT2D eigenvalue weighted by Crippen LogP contribution is -2.45. The number of aryl methyl sites for hydroxylation is 1. The smallest absolute Gasteiger partial charge is 0.262 e. The van der Waals surface area contributed by atoms with Gasteiger partial charge in [0.2, 0.25) is 11.8 Å². The maximum Gasteiger partial charge on any atom is 0.262 e. The van der Waals surface area contributed by atoms with Crippen LogP contribution in [-0.2, 0) is 9.59 Å². The number of amides is 2. The van der Waals surface area contributed by atoms with Crippen LogP contribution >= 0.6 is 0 Å². The van der Waals surface area contributed by atoms with Crippen LogP contribution in [0.1, 0.15) is 30.3 Å². The van der Waals surface area contributed by atoms with Crippen LogP contribution in [0.4, 0.5) is 0 Å². The van der Waals surface area contributed by atoms with Crippen molar-refractivity contribution < 1.29 is 9.59 Å². The molecule has 22 heavy (non-hydrogen) atoms. The van der Waals surface area contributed by atoms with Gasteiger partial charge < -0.3 is 0 Å². The van der Waals surface area contributed by atoms with Gasteiger partial charge in [0.1, 0.15) is 11.9 Å². The van der Waals surface area contributed by atoms with E-state index < -0.39 is 11.9 Å². The highest BCUT2D eigenvalue weighted by Gasteiger charge is 2.30. The summed E-state index contributed by atoms with van der Waals surface area (Å²) < 4.78 is 1.35. The van der Waals surface area contributed by atoms with E-state index in [-0.39, 0.29) is 17.9 Å². The van der Waals surface area contributed by atoms with Gasteiger partial charge in [-0.15, -0.1) is 6.42 Å². The SMILES string of the molecule is C#Cc1ccc2c(=O)n(C3CCC(=O)NC3=O)c(C)nc2c1. The lowest BCUT2D eigenvalue weighted by atomic mass is 10.1. The fraction of sp³-hybridized carbons (Fsp3) is 0.250. The number of carbonyl (C=O) groups is 2. The molecule has 1 fully saturated rings. The number of hydrogen-bond acceptors (Lipinski definition) is 4. The van der Waals surface area contributed by atoms with Gasteiger partial charge in [-0.2, -0.15) is 0 Å². The van der Waals surface area contributed by atoms with Crippen LogP contribution in [0.3, 0.4) is 0 Å². The predicted molar refractivity (Wildman–Crippen MR) is 80.1 cm³/mol. The number of fused-ring (bicyclic) bond motifs is 1. The Hall–Kier alpha value is -2.94. The summed E-state index contributed by atoms with van der Waals surface area (Å²) in [6, 6.07) is 4.23. The Morgan fingerprint density at radius 2 is 2.14 bits per heavy atom. The summed E-state index contributed by atoms with van der Waals surface area (Å²) in [5.74, 6) is 2.13. The fourth-order valence-corrected chi connectivity index (χ4v) is 2.70. The first kappa shape index (κ1) is 14.0. The largest absolute Gasteiger partial charge is 0.295 e. The van der Waals surface area contributed by atoms with Crippen molar-refractivity contribution in [2.24, 2.45) is 0 Å². The van der Waals surface area contributed by atoms with Crippen molar-refractivity contribution in [2.75, 3.05) is 0 Å². The Kier molecular flexibility index (Phi) is 3.26. The molecular weight excluding hydrogens is 282 g/mol. The second kappa shape index (κ2) is 5.11. The van der Waals surface area contributed by atoms with Crippen molar-refractivity contribution in [3.8, 4) is 12.3 Å². The molecule has 2 heterocycles. The van der Waals surface area contributed by atoms with Crippen LogP contribution < -0.4 is 10.9 Å². The molecular formula is C16H13N3O3. The number of rotatable bonds is 1. The molecule has 1 aliphatic rings. The number of hydrogen-bond donors (Lipinski definition) is 1. The Balaban J connectivity index is 2.19. The third-order valence-corrected chi connectivity index (χ3v) is 3.77. The maximum atomic E-state index is 12.7. The number of terminal acetylenes is 1. The molecule has 0 aliphatic carbocycles. The average molecular weight is 295 g/mol. The zero-order valence-electron chi connectivity index (χ0n) is 11.9. The topological polar surface area (TPSA) is 81.1 Å². The van der Waals surface area contributed by atoms with Gasteiger partial charge in [-0.25, -0.2) is 4.98 Å². The van der Waals surface area contributed by atoms with Crippen molar-refractivity contribution in [1.82, 2.24) is 14.9 Å². The van der Waals surface area contributed by atoms with Crippen LogP contribution in [0.5, 0.6) is 0 Å². The minimum Gasteiger partial charge on any atom is -0.295 e. The molecule has 6 heteroatoms. The van der Waals surface area contributed by atoms with Gasteiger partial charge in [-0.05, 0) is 31.5 Å². The molecule has 1 aliphatic heterocycles. The first-order chi connectivity index (χ1) is 10.5. The molecule has 0 bridgehead atoms. The minimum absolute atomic E-state index is 0.205. The molecule has 1 N–H and O–H groups in total. The number of nitrogens with one attached hydrogen (secondary N) is 1. The first-order valence-electron chi connectivity index (χ1n) is 6.84. The third kappa shape index (κ3) is 2.17. The summed E-state index contributed by atoms with van der Waals surface area (Å²) in [7, 11) is 0. The highest BCUT2D eigenvalue weighted by atomic mass is 16.2. The lowest BCUT2D eigenvalue weighted by molar-refractivity contribution is -0.135. The molecule has 0 saturated carbocycles. The summed E-state index contributed by atoms with van der Waals surface area (Å²) >= 11 is 0. The molecule has 2 amide bonds. The van der Waals surface area contributed by atoms with Crippen LogP contribution in [0.2, 0.25) is 0 Å². The zero-order valence-corrected chi connectivity index (χ0v) is 11.9. The van der Waals surface area contributed by atoms with Gasteiger partial charge in [0, 0.05) is 12.0 Å². The summed E-state index contributed by atoms with van der Waals surface area (Å²) in [5.41, 5.74) is 0.833. The van der Waals surface area contributed by atoms with Gasteiger partial charge in [0.05, 0.1) is 10.9 Å². The molecule has 6 nitrogen and oxygen atoms in total. The lowest BCUT2D eigenvalue weighted by Gasteiger charge is -2.24. The molecule has 1 unspecified atom stereocenters. The molecule has 0 radical (unpaired) electrons. The van der Waals surface area contributed by atoms with Crippen molar-refractivity contribution in [3.63, 3.8) is 0 Å². The maximum absolute atomic E-state index is 12.7. The molecule has 2 aromatic rings. The van der Waals surface area contributed by atoms with Crippen LogP contribution in [0, 0.1) is 19.3 Å². The number of carbonyl (C=O) groups excluding carboxylic acids is 2. The number of benzene rings is 1. The second-order valence-electron chi connectivity index (χ2n) is 5.18. The Labute approximate surface area is 126 Å². The number of imide groups is 1. The van der Waals surface area contributed by atoms with Crippen LogP contribution in [0.25, 0.3) is 10.9 Å². The normalized spacial score (nSPS) is 18.1.